The number of H-pyrrole nitrogens is 1. The smallest absolute Gasteiger partial charge is 0.326 e. The van der Waals surface area contributed by atoms with E-state index < -0.39 is 103 Å². The summed E-state index contributed by atoms with van der Waals surface area (Å²) in [5.41, 5.74) is 2.19. The van der Waals surface area contributed by atoms with E-state index in [0.717, 1.165) is 0 Å². The van der Waals surface area contributed by atoms with Gasteiger partial charge in [-0.1, -0.05) is 42.5 Å². The number of phenolic OH excluding ortho intramolecular Hbond substituents is 2. The summed E-state index contributed by atoms with van der Waals surface area (Å²) < 4.78 is 0. The van der Waals surface area contributed by atoms with Crippen molar-refractivity contribution in [2.24, 2.45) is 0 Å². The quantitative estimate of drug-likeness (QED) is 0.0415. The molecule has 0 aliphatic rings. The molecule has 4 rings (SSSR count). The lowest BCUT2D eigenvalue weighted by atomic mass is 10.0. The lowest BCUT2D eigenvalue weighted by Gasteiger charge is -2.26. The Morgan fingerprint density at radius 2 is 1.05 bits per heavy atom. The van der Waals surface area contributed by atoms with E-state index in [4.69, 9.17) is 0 Å². The molecule has 1 aromatic heterocycles. The molecule has 6 amide bonds. The lowest BCUT2D eigenvalue weighted by molar-refractivity contribution is -0.143. The number of aliphatic hydroxyl groups is 1. The van der Waals surface area contributed by atoms with Gasteiger partial charge in [0.15, 0.2) is 0 Å². The van der Waals surface area contributed by atoms with E-state index in [-0.39, 0.29) is 36.5 Å². The number of aliphatic carboxylic acids is 2. The van der Waals surface area contributed by atoms with Crippen LogP contribution in [0.15, 0.2) is 79.0 Å². The highest BCUT2D eigenvalue weighted by atomic mass is 32.1. The number of phenols is 2. The maximum absolute atomic E-state index is 14.1. The number of nitrogens with one attached hydrogen (secondary N) is 7. The number of rotatable bonds is 23. The van der Waals surface area contributed by atoms with E-state index in [9.17, 15) is 63.9 Å². The van der Waals surface area contributed by atoms with Crippen LogP contribution in [0.5, 0.6) is 11.5 Å². The van der Waals surface area contributed by atoms with Gasteiger partial charge in [0, 0.05) is 55.5 Å². The Hall–Kier alpha value is -7.13. The van der Waals surface area contributed by atoms with Crippen molar-refractivity contribution in [1.29, 1.82) is 0 Å². The summed E-state index contributed by atoms with van der Waals surface area (Å²) in [6, 6.07) is 9.40. The van der Waals surface area contributed by atoms with Gasteiger partial charge in [0.2, 0.25) is 35.4 Å². The number of carboxylic acid groups (broad SMARTS) is 2. The number of aliphatic hydroxyl groups excluding tert-OH is 1. The van der Waals surface area contributed by atoms with Crippen molar-refractivity contribution in [2.45, 2.75) is 75.3 Å². The molecule has 336 valence electrons. The number of aromatic nitrogens is 1. The van der Waals surface area contributed by atoms with Gasteiger partial charge in [-0.05, 0) is 53.4 Å². The van der Waals surface area contributed by atoms with E-state index in [0.29, 0.717) is 27.6 Å². The minimum absolute atomic E-state index is 0.0178. The lowest BCUT2D eigenvalue weighted by Crippen LogP contribution is -2.61. The van der Waals surface area contributed by atoms with Crippen molar-refractivity contribution >= 4 is 70.9 Å². The number of hydrogen-bond donors (Lipinski definition) is 13. The van der Waals surface area contributed by atoms with Gasteiger partial charge >= 0.3 is 11.9 Å². The zero-order valence-corrected chi connectivity index (χ0v) is 34.8. The normalized spacial score (nSPS) is 13.8. The molecule has 20 nitrogen and oxygen atoms in total. The molecular formula is C42H49N7O13S. The predicted octanol–water partition coefficient (Wildman–Crippen LogP) is -0.593. The predicted molar refractivity (Wildman–Crippen MR) is 228 cm³/mol. The van der Waals surface area contributed by atoms with Crippen LogP contribution < -0.4 is 31.9 Å². The van der Waals surface area contributed by atoms with Gasteiger partial charge in [0.25, 0.3) is 0 Å². The van der Waals surface area contributed by atoms with Gasteiger partial charge in [-0.25, -0.2) is 4.79 Å². The summed E-state index contributed by atoms with van der Waals surface area (Å²) in [6.07, 6.45) is -0.0313. The molecule has 3 aromatic carbocycles. The Morgan fingerprint density at radius 3 is 1.59 bits per heavy atom. The highest BCUT2D eigenvalue weighted by molar-refractivity contribution is 7.80. The second-order valence-electron chi connectivity index (χ2n) is 14.5. The Bertz CT molecular complexity index is 2270. The van der Waals surface area contributed by atoms with Crippen molar-refractivity contribution in [2.75, 3.05) is 12.4 Å². The van der Waals surface area contributed by atoms with Crippen LogP contribution in [-0.4, -0.2) is 127 Å². The fraction of sp³-hybridized carbons (Fsp3) is 0.333. The highest BCUT2D eigenvalue weighted by Gasteiger charge is 2.34. The SMILES string of the molecule is CC(=O)N[C@@H](Cc1ccc(O)cc1)C(=O)N[C@@H](CS)C(=O)N[C@@H](CO)C(=O)N[C@@H](Cc1c[nH]c2ccccc12)C(=O)N[C@@H](CCC(=O)O)C(=O)N[C@@H](Cc1ccc(O)cc1)C(=O)O. The van der Waals surface area contributed by atoms with Gasteiger partial charge < -0.3 is 62.4 Å². The zero-order valence-electron chi connectivity index (χ0n) is 33.9. The van der Waals surface area contributed by atoms with Crippen LogP contribution in [0.25, 0.3) is 10.9 Å². The molecule has 0 bridgehead atoms. The van der Waals surface area contributed by atoms with E-state index >= 15 is 0 Å². The average molecular weight is 892 g/mol. The third-order valence-electron chi connectivity index (χ3n) is 9.70. The molecule has 21 heteroatoms. The van der Waals surface area contributed by atoms with E-state index in [1.165, 1.54) is 55.5 Å². The third kappa shape index (κ3) is 14.8. The van der Waals surface area contributed by atoms with Crippen LogP contribution in [-0.2, 0) is 57.6 Å². The number of hydrogen-bond acceptors (Lipinski definition) is 12. The number of carbonyl (C=O) groups is 8. The molecule has 0 aliphatic heterocycles. The maximum Gasteiger partial charge on any atom is 0.326 e. The van der Waals surface area contributed by atoms with Crippen LogP contribution in [0.3, 0.4) is 0 Å². The van der Waals surface area contributed by atoms with Gasteiger partial charge in [-0.3, -0.25) is 33.6 Å². The number of amides is 6. The van der Waals surface area contributed by atoms with E-state index in [1.807, 2.05) is 0 Å². The Kier molecular flexibility index (Phi) is 17.9. The number of fused-ring (bicyclic) bond motifs is 1. The van der Waals surface area contributed by atoms with Crippen molar-refractivity contribution in [3.8, 4) is 11.5 Å². The molecule has 12 N–H and O–H groups in total. The Balaban J connectivity index is 1.53. The summed E-state index contributed by atoms with van der Waals surface area (Å²) in [5, 5.41) is 64.0. The summed E-state index contributed by atoms with van der Waals surface area (Å²) in [7, 11) is 0. The Morgan fingerprint density at radius 1 is 0.587 bits per heavy atom. The minimum Gasteiger partial charge on any atom is -0.508 e. The molecular weight excluding hydrogens is 843 g/mol. The molecule has 0 saturated heterocycles. The van der Waals surface area contributed by atoms with Gasteiger partial charge in [-0.2, -0.15) is 12.6 Å². The van der Waals surface area contributed by atoms with Crippen LogP contribution in [0.2, 0.25) is 0 Å². The van der Waals surface area contributed by atoms with E-state index in [2.05, 4.69) is 49.5 Å². The maximum atomic E-state index is 14.1. The second kappa shape index (κ2) is 23.2. The number of carbonyl (C=O) groups excluding carboxylic acids is 6. The third-order valence-corrected chi connectivity index (χ3v) is 10.1. The second-order valence-corrected chi connectivity index (χ2v) is 14.9. The molecule has 0 fully saturated rings. The van der Waals surface area contributed by atoms with Crippen LogP contribution >= 0.6 is 12.6 Å². The molecule has 63 heavy (non-hydrogen) atoms. The molecule has 0 saturated carbocycles. The number of aromatic amines is 1. The fourth-order valence-electron chi connectivity index (χ4n) is 6.41. The largest absolute Gasteiger partial charge is 0.508 e. The summed E-state index contributed by atoms with van der Waals surface area (Å²) >= 11 is 4.16. The minimum atomic E-state index is -1.72. The van der Waals surface area contributed by atoms with Crippen LogP contribution in [0.1, 0.15) is 36.5 Å². The first kappa shape index (κ1) is 48.5. The number of para-hydroxylation sites is 1. The van der Waals surface area contributed by atoms with Gasteiger partial charge in [0.05, 0.1) is 6.61 Å². The molecule has 0 aliphatic carbocycles. The van der Waals surface area contributed by atoms with Crippen LogP contribution in [0.4, 0.5) is 0 Å². The summed E-state index contributed by atoms with van der Waals surface area (Å²) in [4.78, 5) is 107. The molecule has 0 radical (unpaired) electrons. The zero-order chi connectivity index (χ0) is 46.2. The number of carboxylic acids is 2. The van der Waals surface area contributed by atoms with Crippen LogP contribution in [0, 0.1) is 0 Å². The van der Waals surface area contributed by atoms with Crippen molar-refractivity contribution < 1.29 is 63.9 Å². The fourth-order valence-corrected chi connectivity index (χ4v) is 6.66. The first-order valence-corrected chi connectivity index (χ1v) is 20.2. The van der Waals surface area contributed by atoms with Gasteiger partial charge in [0.1, 0.15) is 47.8 Å². The monoisotopic (exact) mass is 891 g/mol. The highest BCUT2D eigenvalue weighted by Crippen LogP contribution is 2.20. The number of aromatic hydroxyl groups is 2. The van der Waals surface area contributed by atoms with Crippen molar-refractivity contribution in [1.82, 2.24) is 36.9 Å². The number of benzene rings is 3. The molecule has 0 spiro atoms. The van der Waals surface area contributed by atoms with Crippen molar-refractivity contribution in [3.63, 3.8) is 0 Å². The number of thiol groups is 1. The van der Waals surface area contributed by atoms with E-state index in [1.54, 1.807) is 30.5 Å². The topological polar surface area (TPSA) is 326 Å². The first-order chi connectivity index (χ1) is 30.0. The molecule has 4 aromatic rings. The first-order valence-electron chi connectivity index (χ1n) is 19.5. The Labute approximate surface area is 365 Å². The molecule has 6 atom stereocenters. The summed E-state index contributed by atoms with van der Waals surface area (Å²) in [6.45, 7) is 0.195. The molecule has 1 heterocycles. The van der Waals surface area contributed by atoms with Crippen molar-refractivity contribution in [3.05, 3.63) is 95.7 Å². The average Bonchev–Trinajstić information content (AvgIpc) is 3.65. The van der Waals surface area contributed by atoms with Gasteiger partial charge in [-0.15, -0.1) is 0 Å². The molecule has 0 unspecified atom stereocenters. The standard InChI is InChI=1S/C42H49N7O13S/c1-22(51)44-31(16-23-6-10-26(52)11-7-23)38(57)49-35(21-63)41(60)48-34(20-50)40(59)46-32(18-25-19-43-29-5-3-2-4-28(25)29)39(58)45-30(14-15-36(54)55)37(56)47-33(42(61)62)17-24-8-12-27(53)13-9-24/h2-13,19,30-35,43,50,52-53,63H,14-18,20-21H2,1H3,(H,44,51)(H,45,58)(H,46,59)(H,47,56)(H,48,60)(H,49,57)(H,54,55)(H,61,62)/t30-,31-,32-,33-,34-,35-/m0/s1. The summed E-state index contributed by atoms with van der Waals surface area (Å²) in [5.74, 6) is -8.60.